The average Bonchev–Trinajstić information content (AvgIpc) is 3.01. The molecule has 1 N–H and O–H groups in total. The minimum absolute atomic E-state index is 0.0533. The molecule has 1 heterocycles. The molecule has 1 amide bonds. The number of carbonyl (C=O) groups is 2. The molecular formula is C23H22FNO5. The van der Waals surface area contributed by atoms with E-state index in [2.05, 4.69) is 6.58 Å². The number of aliphatic hydroxyl groups excluding tert-OH is 1. The van der Waals surface area contributed by atoms with E-state index in [1.165, 1.54) is 36.3 Å². The minimum Gasteiger partial charge on any atom is -0.507 e. The highest BCUT2D eigenvalue weighted by molar-refractivity contribution is 6.46. The van der Waals surface area contributed by atoms with Gasteiger partial charge in [0.05, 0.1) is 18.2 Å². The van der Waals surface area contributed by atoms with Gasteiger partial charge in [0.25, 0.3) is 11.7 Å². The normalized spacial score (nSPS) is 17.9. The van der Waals surface area contributed by atoms with Gasteiger partial charge in [0.15, 0.2) is 0 Å². The van der Waals surface area contributed by atoms with E-state index >= 15 is 0 Å². The van der Waals surface area contributed by atoms with Crippen LogP contribution in [0.15, 0.2) is 66.8 Å². The van der Waals surface area contributed by atoms with Crippen LogP contribution in [-0.4, -0.2) is 48.6 Å². The summed E-state index contributed by atoms with van der Waals surface area (Å²) in [6, 6.07) is 11.1. The van der Waals surface area contributed by atoms with E-state index in [0.29, 0.717) is 23.5 Å². The van der Waals surface area contributed by atoms with E-state index in [-0.39, 0.29) is 24.5 Å². The summed E-state index contributed by atoms with van der Waals surface area (Å²) in [6.07, 6.45) is 1.61. The molecule has 1 aliphatic heterocycles. The summed E-state index contributed by atoms with van der Waals surface area (Å²) in [5, 5.41) is 10.9. The fourth-order valence-electron chi connectivity index (χ4n) is 3.31. The molecule has 1 saturated heterocycles. The molecule has 0 saturated carbocycles. The van der Waals surface area contributed by atoms with Gasteiger partial charge in [-0.05, 0) is 42.0 Å². The smallest absolute Gasteiger partial charge is 0.295 e. The van der Waals surface area contributed by atoms with Gasteiger partial charge in [0, 0.05) is 19.2 Å². The molecule has 7 heteroatoms. The van der Waals surface area contributed by atoms with Gasteiger partial charge in [-0.25, -0.2) is 4.39 Å². The van der Waals surface area contributed by atoms with Crippen LogP contribution in [-0.2, 0) is 14.3 Å². The lowest BCUT2D eigenvalue weighted by atomic mass is 9.95. The van der Waals surface area contributed by atoms with Gasteiger partial charge in [-0.3, -0.25) is 9.59 Å². The van der Waals surface area contributed by atoms with Crippen LogP contribution in [0.1, 0.15) is 17.2 Å². The van der Waals surface area contributed by atoms with Crippen LogP contribution in [0.5, 0.6) is 5.75 Å². The number of methoxy groups -OCH3 is 1. The molecule has 0 bridgehead atoms. The van der Waals surface area contributed by atoms with Crippen LogP contribution in [0.4, 0.5) is 4.39 Å². The van der Waals surface area contributed by atoms with Gasteiger partial charge in [-0.15, -0.1) is 0 Å². The molecule has 3 rings (SSSR count). The third kappa shape index (κ3) is 4.26. The number of hydrogen-bond acceptors (Lipinski definition) is 5. The molecule has 156 valence electrons. The number of amides is 1. The largest absolute Gasteiger partial charge is 0.507 e. The van der Waals surface area contributed by atoms with Crippen molar-refractivity contribution in [3.05, 3.63) is 83.7 Å². The highest BCUT2D eigenvalue weighted by Gasteiger charge is 2.45. The van der Waals surface area contributed by atoms with E-state index in [1.54, 1.807) is 30.3 Å². The molecule has 0 aromatic heterocycles. The number of rotatable bonds is 8. The van der Waals surface area contributed by atoms with Gasteiger partial charge in [0.1, 0.15) is 23.9 Å². The molecule has 0 spiro atoms. The number of ether oxygens (including phenoxy) is 2. The van der Waals surface area contributed by atoms with E-state index in [9.17, 15) is 19.1 Å². The van der Waals surface area contributed by atoms with E-state index in [1.807, 2.05) is 0 Å². The highest BCUT2D eigenvalue weighted by Crippen LogP contribution is 2.39. The lowest BCUT2D eigenvalue weighted by molar-refractivity contribution is -0.140. The van der Waals surface area contributed by atoms with Gasteiger partial charge >= 0.3 is 0 Å². The standard InChI is InChI=1S/C23H22FNO5/c1-3-13-30-18-10-6-16(7-11-18)21(26)19-20(15-4-8-17(24)9-5-15)25(12-14-29-2)23(28)22(19)27/h3-11,20,26H,1,12-14H2,2H3. The molecule has 0 aliphatic carbocycles. The van der Waals surface area contributed by atoms with Gasteiger partial charge < -0.3 is 19.5 Å². The van der Waals surface area contributed by atoms with Crippen molar-refractivity contribution in [3.63, 3.8) is 0 Å². The second kappa shape index (κ2) is 9.37. The summed E-state index contributed by atoms with van der Waals surface area (Å²) >= 11 is 0. The summed E-state index contributed by atoms with van der Waals surface area (Å²) in [5.74, 6) is -1.72. The van der Waals surface area contributed by atoms with Gasteiger partial charge in [-0.2, -0.15) is 0 Å². The number of ketones is 1. The Kier molecular flexibility index (Phi) is 6.64. The van der Waals surface area contributed by atoms with Crippen LogP contribution in [0, 0.1) is 5.82 Å². The summed E-state index contributed by atoms with van der Waals surface area (Å²) in [7, 11) is 1.49. The van der Waals surface area contributed by atoms with Crippen molar-refractivity contribution in [2.24, 2.45) is 0 Å². The van der Waals surface area contributed by atoms with Gasteiger partial charge in [0.2, 0.25) is 0 Å². The Morgan fingerprint density at radius 2 is 1.83 bits per heavy atom. The van der Waals surface area contributed by atoms with Crippen LogP contribution in [0.3, 0.4) is 0 Å². The van der Waals surface area contributed by atoms with Crippen molar-refractivity contribution in [3.8, 4) is 5.75 Å². The topological polar surface area (TPSA) is 76.1 Å². The molecule has 30 heavy (non-hydrogen) atoms. The number of Topliss-reactive ketones (excluding diaryl/α,β-unsaturated/α-hetero) is 1. The summed E-state index contributed by atoms with van der Waals surface area (Å²) < 4.78 is 23.9. The van der Waals surface area contributed by atoms with Crippen LogP contribution < -0.4 is 4.74 Å². The van der Waals surface area contributed by atoms with Crippen molar-refractivity contribution < 1.29 is 28.6 Å². The molecule has 1 fully saturated rings. The number of benzene rings is 2. The minimum atomic E-state index is -0.850. The number of hydrogen-bond donors (Lipinski definition) is 1. The second-order valence-electron chi connectivity index (χ2n) is 6.66. The maximum Gasteiger partial charge on any atom is 0.295 e. The molecule has 1 unspecified atom stereocenters. The molecule has 6 nitrogen and oxygen atoms in total. The number of likely N-dealkylation sites (tertiary alicyclic amines) is 1. The Morgan fingerprint density at radius 1 is 1.17 bits per heavy atom. The Morgan fingerprint density at radius 3 is 2.43 bits per heavy atom. The molecule has 1 aliphatic rings. The Labute approximate surface area is 173 Å². The fourth-order valence-corrected chi connectivity index (χ4v) is 3.31. The Bertz CT molecular complexity index is 966. The number of aliphatic hydroxyl groups is 1. The van der Waals surface area contributed by atoms with Crippen molar-refractivity contribution in [2.45, 2.75) is 6.04 Å². The fraction of sp³-hybridized carbons (Fsp3) is 0.217. The zero-order chi connectivity index (χ0) is 21.7. The van der Waals surface area contributed by atoms with Crippen LogP contribution in [0.2, 0.25) is 0 Å². The Hall–Kier alpha value is -3.45. The first-order chi connectivity index (χ1) is 14.5. The number of carbonyl (C=O) groups excluding carboxylic acids is 2. The zero-order valence-electron chi connectivity index (χ0n) is 16.5. The summed E-state index contributed by atoms with van der Waals surface area (Å²) in [4.78, 5) is 26.8. The van der Waals surface area contributed by atoms with Crippen molar-refractivity contribution in [1.29, 1.82) is 0 Å². The quantitative estimate of drug-likeness (QED) is 0.312. The third-order valence-corrected chi connectivity index (χ3v) is 4.76. The van der Waals surface area contributed by atoms with E-state index in [4.69, 9.17) is 9.47 Å². The molecule has 0 radical (unpaired) electrons. The lowest BCUT2D eigenvalue weighted by Crippen LogP contribution is -2.32. The monoisotopic (exact) mass is 411 g/mol. The molecule has 2 aromatic carbocycles. The van der Waals surface area contributed by atoms with E-state index in [0.717, 1.165) is 0 Å². The van der Waals surface area contributed by atoms with Crippen molar-refractivity contribution in [1.82, 2.24) is 4.90 Å². The second-order valence-corrected chi connectivity index (χ2v) is 6.66. The molecule has 2 aromatic rings. The number of nitrogens with zero attached hydrogens (tertiary/aromatic N) is 1. The average molecular weight is 411 g/mol. The predicted molar refractivity (Wildman–Crippen MR) is 109 cm³/mol. The van der Waals surface area contributed by atoms with Crippen molar-refractivity contribution >= 4 is 17.4 Å². The first kappa shape index (κ1) is 21.3. The van der Waals surface area contributed by atoms with Gasteiger partial charge in [-0.1, -0.05) is 24.8 Å². The first-order valence-corrected chi connectivity index (χ1v) is 9.35. The SMILES string of the molecule is C=CCOc1ccc(C(O)=C2C(=O)C(=O)N(CCOC)C2c2ccc(F)cc2)cc1. The molecular weight excluding hydrogens is 389 g/mol. The Balaban J connectivity index is 2.05. The van der Waals surface area contributed by atoms with Crippen molar-refractivity contribution in [2.75, 3.05) is 26.9 Å². The first-order valence-electron chi connectivity index (χ1n) is 9.35. The highest BCUT2D eigenvalue weighted by atomic mass is 19.1. The predicted octanol–water partition coefficient (Wildman–Crippen LogP) is 3.46. The van der Waals surface area contributed by atoms with E-state index < -0.39 is 23.5 Å². The third-order valence-electron chi connectivity index (χ3n) is 4.76. The lowest BCUT2D eigenvalue weighted by Gasteiger charge is -2.25. The molecule has 1 atom stereocenters. The summed E-state index contributed by atoms with van der Waals surface area (Å²) in [6.45, 7) is 4.27. The maximum atomic E-state index is 13.4. The van der Waals surface area contributed by atoms with Crippen LogP contribution >= 0.6 is 0 Å². The summed E-state index contributed by atoms with van der Waals surface area (Å²) in [5.41, 5.74) is 0.819. The number of halogens is 1. The van der Waals surface area contributed by atoms with Crippen LogP contribution in [0.25, 0.3) is 5.76 Å². The zero-order valence-corrected chi connectivity index (χ0v) is 16.5. The maximum absolute atomic E-state index is 13.4.